The summed E-state index contributed by atoms with van der Waals surface area (Å²) in [4.78, 5) is 4.38. The molecule has 0 atom stereocenters. The zero-order valence-electron chi connectivity index (χ0n) is 15.3. The van der Waals surface area contributed by atoms with Gasteiger partial charge in [-0.15, -0.1) is 0 Å². The molecule has 1 aromatic heterocycles. The summed E-state index contributed by atoms with van der Waals surface area (Å²) in [6.07, 6.45) is 1.73. The number of aromatic nitrogens is 1. The van der Waals surface area contributed by atoms with Crippen molar-refractivity contribution in [2.45, 2.75) is 59.7 Å². The van der Waals surface area contributed by atoms with Gasteiger partial charge in [-0.2, -0.15) is 0 Å². The molecule has 0 radical (unpaired) electrons. The Labute approximate surface area is 139 Å². The van der Waals surface area contributed by atoms with Crippen molar-refractivity contribution in [2.75, 3.05) is 13.2 Å². The van der Waals surface area contributed by atoms with E-state index in [1.54, 1.807) is 6.20 Å². The average molecular weight is 321 g/mol. The molecular weight excluding hydrogens is 293 g/mol. The maximum Gasteiger partial charge on any atom is 0.496 e. The summed E-state index contributed by atoms with van der Waals surface area (Å²) in [6, 6.07) is 1.91. The van der Waals surface area contributed by atoms with Gasteiger partial charge in [-0.05, 0) is 46.6 Å². The lowest BCUT2D eigenvalue weighted by Crippen LogP contribution is -2.41. The minimum Gasteiger partial charge on any atom is -0.488 e. The fourth-order valence-corrected chi connectivity index (χ4v) is 2.16. The molecule has 1 saturated heterocycles. The molecule has 0 spiro atoms. The predicted octanol–water partition coefficient (Wildman–Crippen LogP) is 2.81. The monoisotopic (exact) mass is 321 g/mol. The topological polar surface area (TPSA) is 49.8 Å². The summed E-state index contributed by atoms with van der Waals surface area (Å²) in [5.74, 6) is 1.56. The van der Waals surface area contributed by atoms with Crippen LogP contribution in [0.25, 0.3) is 0 Å². The second-order valence-corrected chi connectivity index (χ2v) is 7.30. The minimum atomic E-state index is -0.454. The molecule has 0 N–H and O–H groups in total. The van der Waals surface area contributed by atoms with Crippen LogP contribution in [-0.2, 0) is 9.31 Å². The van der Waals surface area contributed by atoms with Gasteiger partial charge >= 0.3 is 7.12 Å². The van der Waals surface area contributed by atoms with Crippen LogP contribution in [0.4, 0.5) is 0 Å². The van der Waals surface area contributed by atoms with Crippen molar-refractivity contribution >= 4 is 12.6 Å². The third-order valence-corrected chi connectivity index (χ3v) is 4.22. The number of nitrogens with zero attached hydrogens (tertiary/aromatic N) is 1. The summed E-state index contributed by atoms with van der Waals surface area (Å²) < 4.78 is 23.6. The molecular formula is C17H28BNO4. The summed E-state index contributed by atoms with van der Waals surface area (Å²) >= 11 is 0. The third-order valence-electron chi connectivity index (χ3n) is 4.22. The Morgan fingerprint density at radius 2 is 1.74 bits per heavy atom. The molecule has 0 aliphatic carbocycles. The molecule has 0 saturated carbocycles. The molecule has 1 aliphatic heterocycles. The van der Waals surface area contributed by atoms with Crippen LogP contribution in [0, 0.1) is 5.92 Å². The SMILES string of the molecule is CCOc1ncc(B2OC(C)(C)C(C)(C)O2)cc1OCC(C)C. The average Bonchev–Trinajstić information content (AvgIpc) is 2.66. The Balaban J connectivity index is 2.25. The molecule has 0 unspecified atom stereocenters. The van der Waals surface area contributed by atoms with Crippen LogP contribution in [0.15, 0.2) is 12.3 Å². The maximum atomic E-state index is 6.07. The van der Waals surface area contributed by atoms with Gasteiger partial charge in [-0.1, -0.05) is 13.8 Å². The van der Waals surface area contributed by atoms with Crippen LogP contribution in [0.1, 0.15) is 48.5 Å². The fourth-order valence-electron chi connectivity index (χ4n) is 2.16. The highest BCUT2D eigenvalue weighted by Gasteiger charge is 2.52. The van der Waals surface area contributed by atoms with Gasteiger partial charge in [0.15, 0.2) is 5.75 Å². The summed E-state index contributed by atoms with van der Waals surface area (Å²) in [7, 11) is -0.454. The molecule has 23 heavy (non-hydrogen) atoms. The van der Waals surface area contributed by atoms with Gasteiger partial charge in [-0.25, -0.2) is 4.98 Å². The van der Waals surface area contributed by atoms with Crippen LogP contribution in [0.3, 0.4) is 0 Å². The minimum absolute atomic E-state index is 0.380. The van der Waals surface area contributed by atoms with Crippen molar-refractivity contribution in [2.24, 2.45) is 5.92 Å². The molecule has 1 fully saturated rings. The number of hydrogen-bond donors (Lipinski definition) is 0. The van der Waals surface area contributed by atoms with E-state index >= 15 is 0 Å². The molecule has 5 nitrogen and oxygen atoms in total. The lowest BCUT2D eigenvalue weighted by molar-refractivity contribution is 0.00578. The van der Waals surface area contributed by atoms with Gasteiger partial charge in [0.05, 0.1) is 24.4 Å². The van der Waals surface area contributed by atoms with Crippen molar-refractivity contribution in [3.8, 4) is 11.6 Å². The van der Waals surface area contributed by atoms with Gasteiger partial charge in [-0.3, -0.25) is 0 Å². The van der Waals surface area contributed by atoms with Crippen molar-refractivity contribution in [3.05, 3.63) is 12.3 Å². The first-order chi connectivity index (χ1) is 10.7. The number of ether oxygens (including phenoxy) is 2. The quantitative estimate of drug-likeness (QED) is 0.754. The van der Waals surface area contributed by atoms with Crippen LogP contribution >= 0.6 is 0 Å². The van der Waals surface area contributed by atoms with Crippen molar-refractivity contribution in [1.82, 2.24) is 4.98 Å². The van der Waals surface area contributed by atoms with Crippen LogP contribution in [-0.4, -0.2) is 36.5 Å². The van der Waals surface area contributed by atoms with Gasteiger partial charge in [0.1, 0.15) is 0 Å². The summed E-state index contributed by atoms with van der Waals surface area (Å²) in [6.45, 7) is 15.4. The van der Waals surface area contributed by atoms with Crippen molar-refractivity contribution < 1.29 is 18.8 Å². The number of pyridine rings is 1. The molecule has 0 bridgehead atoms. The predicted molar refractivity (Wildman–Crippen MR) is 91.5 cm³/mol. The highest BCUT2D eigenvalue weighted by atomic mass is 16.7. The molecule has 6 heteroatoms. The highest BCUT2D eigenvalue weighted by molar-refractivity contribution is 6.62. The van der Waals surface area contributed by atoms with Crippen molar-refractivity contribution in [3.63, 3.8) is 0 Å². The van der Waals surface area contributed by atoms with Gasteiger partial charge in [0.2, 0.25) is 0 Å². The van der Waals surface area contributed by atoms with Gasteiger partial charge < -0.3 is 18.8 Å². The molecule has 2 heterocycles. The summed E-state index contributed by atoms with van der Waals surface area (Å²) in [5.41, 5.74) is 0.0793. The Morgan fingerprint density at radius 3 is 2.26 bits per heavy atom. The van der Waals surface area contributed by atoms with E-state index in [0.717, 1.165) is 5.46 Å². The van der Waals surface area contributed by atoms with Crippen LogP contribution < -0.4 is 14.9 Å². The van der Waals surface area contributed by atoms with Gasteiger partial charge in [0, 0.05) is 11.7 Å². The Kier molecular flexibility index (Phi) is 5.26. The molecule has 0 aromatic carbocycles. The Bertz CT molecular complexity index is 529. The maximum absolute atomic E-state index is 6.07. The second kappa shape index (κ2) is 6.69. The van der Waals surface area contributed by atoms with E-state index in [0.29, 0.717) is 30.8 Å². The highest BCUT2D eigenvalue weighted by Crippen LogP contribution is 2.37. The number of hydrogen-bond acceptors (Lipinski definition) is 5. The molecule has 0 amide bonds. The molecule has 1 aliphatic rings. The van der Waals surface area contributed by atoms with E-state index in [4.69, 9.17) is 18.8 Å². The first-order valence-corrected chi connectivity index (χ1v) is 8.27. The summed E-state index contributed by atoms with van der Waals surface area (Å²) in [5, 5.41) is 0. The Hall–Kier alpha value is -1.27. The molecule has 128 valence electrons. The first kappa shape index (κ1) is 18.1. The lowest BCUT2D eigenvalue weighted by Gasteiger charge is -2.32. The molecule has 2 rings (SSSR count). The lowest BCUT2D eigenvalue weighted by atomic mass is 9.80. The smallest absolute Gasteiger partial charge is 0.488 e. The van der Waals surface area contributed by atoms with E-state index in [-0.39, 0.29) is 11.2 Å². The van der Waals surface area contributed by atoms with Crippen LogP contribution in [0.2, 0.25) is 0 Å². The van der Waals surface area contributed by atoms with E-state index in [1.165, 1.54) is 0 Å². The fraction of sp³-hybridized carbons (Fsp3) is 0.706. The van der Waals surface area contributed by atoms with Crippen molar-refractivity contribution in [1.29, 1.82) is 0 Å². The van der Waals surface area contributed by atoms with E-state index < -0.39 is 7.12 Å². The zero-order valence-corrected chi connectivity index (χ0v) is 15.3. The Morgan fingerprint density at radius 1 is 1.13 bits per heavy atom. The van der Waals surface area contributed by atoms with E-state index in [9.17, 15) is 0 Å². The third kappa shape index (κ3) is 3.99. The van der Waals surface area contributed by atoms with E-state index in [2.05, 4.69) is 18.8 Å². The normalized spacial score (nSPS) is 19.2. The zero-order chi connectivity index (χ0) is 17.3. The first-order valence-electron chi connectivity index (χ1n) is 8.27. The number of rotatable bonds is 6. The van der Waals surface area contributed by atoms with Gasteiger partial charge in [0.25, 0.3) is 5.88 Å². The largest absolute Gasteiger partial charge is 0.496 e. The van der Waals surface area contributed by atoms with Crippen LogP contribution in [0.5, 0.6) is 11.6 Å². The standard InChI is InChI=1S/C17H28BNO4/c1-8-20-15-14(21-11-12(2)3)9-13(10-19-15)18-22-16(4,5)17(6,7)23-18/h9-10,12H,8,11H2,1-7H3. The molecule has 1 aromatic rings. The second-order valence-electron chi connectivity index (χ2n) is 7.30. The van der Waals surface area contributed by atoms with E-state index in [1.807, 2.05) is 40.7 Å².